The van der Waals surface area contributed by atoms with E-state index in [1.165, 1.54) is 0 Å². The Kier molecular flexibility index (Phi) is 8.25. The monoisotopic (exact) mass is 394 g/mol. The van der Waals surface area contributed by atoms with Crippen molar-refractivity contribution in [2.24, 2.45) is 12.0 Å². The van der Waals surface area contributed by atoms with Crippen molar-refractivity contribution in [1.82, 2.24) is 25.4 Å². The van der Waals surface area contributed by atoms with Gasteiger partial charge < -0.3 is 15.2 Å². The average Bonchev–Trinajstić information content (AvgIpc) is 2.95. The molecule has 0 aliphatic carbocycles. The number of nitrogens with zero attached hydrogens (tertiary/aromatic N) is 4. The summed E-state index contributed by atoms with van der Waals surface area (Å²) in [4.78, 5) is 4.68. The van der Waals surface area contributed by atoms with Crippen LogP contribution in [0.1, 0.15) is 36.6 Å². The molecule has 0 aliphatic rings. The Morgan fingerprint density at radius 3 is 2.77 bits per heavy atom. The van der Waals surface area contributed by atoms with Gasteiger partial charge in [0.1, 0.15) is 12.4 Å². The van der Waals surface area contributed by atoms with Gasteiger partial charge in [0.05, 0.1) is 6.04 Å². The molecule has 142 valence electrons. The molecular formula is C18H27ClN6S. The number of rotatable bonds is 8. The summed E-state index contributed by atoms with van der Waals surface area (Å²) < 4.78 is 1.95. The Labute approximate surface area is 164 Å². The molecule has 1 aromatic carbocycles. The third-order valence-corrected chi connectivity index (χ3v) is 5.15. The lowest BCUT2D eigenvalue weighted by molar-refractivity contribution is 0.674. The van der Waals surface area contributed by atoms with Crippen molar-refractivity contribution in [2.45, 2.75) is 32.9 Å². The van der Waals surface area contributed by atoms with Gasteiger partial charge >= 0.3 is 0 Å². The molecule has 1 atom stereocenters. The zero-order valence-corrected chi connectivity index (χ0v) is 17.4. The number of aromatic nitrogens is 3. The highest BCUT2D eigenvalue weighted by Crippen LogP contribution is 2.21. The SMILES string of the molecule is CSCCCNC(=NCc1nnc(C)n1C)NC(C)c1ccccc1Cl. The standard InChI is InChI=1S/C18H27ClN6S/c1-13(15-8-5-6-9-16(15)19)22-18(20-10-7-11-26-4)21-12-17-24-23-14(2)25(17)3/h5-6,8-9,13H,7,10-12H2,1-4H3,(H2,20,21,22). The first-order valence-corrected chi connectivity index (χ1v) is 10.4. The summed E-state index contributed by atoms with van der Waals surface area (Å²) in [5.41, 5.74) is 1.04. The Balaban J connectivity index is 2.08. The molecule has 0 bridgehead atoms. The second-order valence-electron chi connectivity index (χ2n) is 6.05. The van der Waals surface area contributed by atoms with E-state index in [0.29, 0.717) is 6.54 Å². The van der Waals surface area contributed by atoms with Crippen molar-refractivity contribution in [3.63, 3.8) is 0 Å². The molecule has 6 nitrogen and oxygen atoms in total. The molecule has 2 N–H and O–H groups in total. The largest absolute Gasteiger partial charge is 0.356 e. The number of halogens is 1. The fraction of sp³-hybridized carbons (Fsp3) is 0.500. The number of hydrogen-bond acceptors (Lipinski definition) is 4. The predicted octanol–water partition coefficient (Wildman–Crippen LogP) is 3.33. The van der Waals surface area contributed by atoms with Crippen LogP contribution in [0.15, 0.2) is 29.3 Å². The van der Waals surface area contributed by atoms with Crippen LogP contribution in [0.25, 0.3) is 0 Å². The first-order valence-electron chi connectivity index (χ1n) is 8.66. The van der Waals surface area contributed by atoms with Crippen molar-refractivity contribution in [2.75, 3.05) is 18.6 Å². The van der Waals surface area contributed by atoms with E-state index in [-0.39, 0.29) is 6.04 Å². The first-order chi connectivity index (χ1) is 12.5. The number of benzene rings is 1. The molecule has 2 aromatic rings. The second kappa shape index (κ2) is 10.4. The maximum atomic E-state index is 6.32. The van der Waals surface area contributed by atoms with E-state index >= 15 is 0 Å². The summed E-state index contributed by atoms with van der Waals surface area (Å²) in [6.45, 7) is 5.33. The normalized spacial score (nSPS) is 12.9. The molecule has 1 unspecified atom stereocenters. The van der Waals surface area contributed by atoms with Gasteiger partial charge in [-0.25, -0.2) is 4.99 Å². The minimum Gasteiger partial charge on any atom is -0.356 e. The third kappa shape index (κ3) is 5.92. The van der Waals surface area contributed by atoms with E-state index in [4.69, 9.17) is 11.6 Å². The van der Waals surface area contributed by atoms with Crippen molar-refractivity contribution < 1.29 is 0 Å². The van der Waals surface area contributed by atoms with Crippen LogP contribution >= 0.6 is 23.4 Å². The zero-order chi connectivity index (χ0) is 18.9. The van der Waals surface area contributed by atoms with Gasteiger partial charge in [0, 0.05) is 18.6 Å². The lowest BCUT2D eigenvalue weighted by Crippen LogP contribution is -2.39. The number of aryl methyl sites for hydroxylation is 1. The molecule has 0 saturated heterocycles. The molecule has 0 radical (unpaired) electrons. The molecule has 2 rings (SSSR count). The van der Waals surface area contributed by atoms with Gasteiger partial charge in [-0.05, 0) is 43.9 Å². The Bertz CT molecular complexity index is 730. The highest BCUT2D eigenvalue weighted by Gasteiger charge is 2.12. The van der Waals surface area contributed by atoms with E-state index in [2.05, 4.69) is 39.0 Å². The Morgan fingerprint density at radius 2 is 2.12 bits per heavy atom. The lowest BCUT2D eigenvalue weighted by Gasteiger charge is -2.19. The van der Waals surface area contributed by atoms with Crippen molar-refractivity contribution in [3.8, 4) is 0 Å². The van der Waals surface area contributed by atoms with Gasteiger partial charge in [-0.15, -0.1) is 10.2 Å². The number of guanidine groups is 1. The third-order valence-electron chi connectivity index (χ3n) is 4.10. The van der Waals surface area contributed by atoms with E-state index in [1.807, 2.05) is 54.6 Å². The van der Waals surface area contributed by atoms with Crippen LogP contribution in [0.2, 0.25) is 5.02 Å². The molecule has 0 saturated carbocycles. The summed E-state index contributed by atoms with van der Waals surface area (Å²) in [5, 5.41) is 15.8. The summed E-state index contributed by atoms with van der Waals surface area (Å²) >= 11 is 8.16. The summed E-state index contributed by atoms with van der Waals surface area (Å²) in [7, 11) is 1.95. The van der Waals surface area contributed by atoms with E-state index < -0.39 is 0 Å². The molecule has 0 spiro atoms. The minimum absolute atomic E-state index is 0.0386. The van der Waals surface area contributed by atoms with E-state index in [9.17, 15) is 0 Å². The van der Waals surface area contributed by atoms with Gasteiger partial charge in [0.25, 0.3) is 0 Å². The van der Waals surface area contributed by atoms with Crippen molar-refractivity contribution in [3.05, 3.63) is 46.5 Å². The average molecular weight is 395 g/mol. The molecule has 26 heavy (non-hydrogen) atoms. The number of thioether (sulfide) groups is 1. The molecule has 0 amide bonds. The second-order valence-corrected chi connectivity index (χ2v) is 7.44. The zero-order valence-electron chi connectivity index (χ0n) is 15.8. The van der Waals surface area contributed by atoms with Gasteiger partial charge in [-0.1, -0.05) is 29.8 Å². The molecule has 1 aromatic heterocycles. The predicted molar refractivity (Wildman–Crippen MR) is 111 cm³/mol. The highest BCUT2D eigenvalue weighted by molar-refractivity contribution is 7.98. The number of hydrogen-bond donors (Lipinski definition) is 2. The fourth-order valence-corrected chi connectivity index (χ4v) is 3.16. The smallest absolute Gasteiger partial charge is 0.192 e. The van der Waals surface area contributed by atoms with Gasteiger partial charge in [0.15, 0.2) is 11.8 Å². The molecule has 0 fully saturated rings. The van der Waals surface area contributed by atoms with E-state index in [1.54, 1.807) is 0 Å². The Morgan fingerprint density at radius 1 is 1.35 bits per heavy atom. The van der Waals surface area contributed by atoms with Crippen LogP contribution in [0.3, 0.4) is 0 Å². The topological polar surface area (TPSA) is 67.1 Å². The minimum atomic E-state index is 0.0386. The summed E-state index contributed by atoms with van der Waals surface area (Å²) in [6, 6.07) is 7.89. The highest BCUT2D eigenvalue weighted by atomic mass is 35.5. The van der Waals surface area contributed by atoms with Crippen LogP contribution in [0.5, 0.6) is 0 Å². The van der Waals surface area contributed by atoms with Crippen LogP contribution in [0, 0.1) is 6.92 Å². The molecule has 8 heteroatoms. The van der Waals surface area contributed by atoms with Crippen LogP contribution in [-0.4, -0.2) is 39.3 Å². The maximum absolute atomic E-state index is 6.32. The molecule has 1 heterocycles. The van der Waals surface area contributed by atoms with Gasteiger partial charge in [-0.3, -0.25) is 0 Å². The van der Waals surface area contributed by atoms with Gasteiger partial charge in [0.2, 0.25) is 0 Å². The quantitative estimate of drug-likeness (QED) is 0.408. The lowest BCUT2D eigenvalue weighted by atomic mass is 10.1. The summed E-state index contributed by atoms with van der Waals surface area (Å²) in [6.07, 6.45) is 3.19. The Hall–Kier alpha value is -1.73. The van der Waals surface area contributed by atoms with Crippen molar-refractivity contribution >= 4 is 29.3 Å². The maximum Gasteiger partial charge on any atom is 0.192 e. The number of nitrogens with one attached hydrogen (secondary N) is 2. The first kappa shape index (κ1) is 20.6. The molecular weight excluding hydrogens is 368 g/mol. The van der Waals surface area contributed by atoms with Crippen LogP contribution < -0.4 is 10.6 Å². The fourth-order valence-electron chi connectivity index (χ4n) is 2.42. The van der Waals surface area contributed by atoms with Crippen molar-refractivity contribution in [1.29, 1.82) is 0 Å². The van der Waals surface area contributed by atoms with Gasteiger partial charge in [-0.2, -0.15) is 11.8 Å². The van der Waals surface area contributed by atoms with E-state index in [0.717, 1.165) is 46.9 Å². The van der Waals surface area contributed by atoms with Crippen LogP contribution in [0.4, 0.5) is 0 Å². The van der Waals surface area contributed by atoms with Crippen LogP contribution in [-0.2, 0) is 13.6 Å². The summed E-state index contributed by atoms with van der Waals surface area (Å²) in [5.74, 6) is 3.57. The number of aliphatic imine (C=N–C) groups is 1. The molecule has 0 aliphatic heterocycles.